The standard InChI is InChI=1S/C7H5BrF3NO/c8-6-4(2-1-3-12-6)5(13)7(9,10)11/h1-3,5,13H/t5-/m0/s1. The number of nitrogens with zero attached hydrogens (tertiary/aromatic N) is 1. The van der Waals surface area contributed by atoms with Crippen LogP contribution >= 0.6 is 15.9 Å². The fourth-order valence-electron chi connectivity index (χ4n) is 0.779. The van der Waals surface area contributed by atoms with Crippen molar-refractivity contribution in [2.45, 2.75) is 12.3 Å². The summed E-state index contributed by atoms with van der Waals surface area (Å²) >= 11 is 2.82. The molecule has 1 N–H and O–H groups in total. The molecule has 0 saturated carbocycles. The number of aromatic nitrogens is 1. The van der Waals surface area contributed by atoms with Crippen LogP contribution < -0.4 is 0 Å². The summed E-state index contributed by atoms with van der Waals surface area (Å²) in [5, 5.41) is 8.84. The molecule has 0 radical (unpaired) electrons. The summed E-state index contributed by atoms with van der Waals surface area (Å²) in [5.41, 5.74) is -0.282. The molecule has 0 spiro atoms. The SMILES string of the molecule is O[C@@H](c1cccnc1Br)C(F)(F)F. The molecular weight excluding hydrogens is 251 g/mol. The lowest BCUT2D eigenvalue weighted by Crippen LogP contribution is -2.20. The molecule has 1 heterocycles. The summed E-state index contributed by atoms with van der Waals surface area (Å²) in [6.07, 6.45) is -5.82. The van der Waals surface area contributed by atoms with Gasteiger partial charge in [-0.3, -0.25) is 0 Å². The smallest absolute Gasteiger partial charge is 0.379 e. The number of hydrogen-bond acceptors (Lipinski definition) is 2. The summed E-state index contributed by atoms with van der Waals surface area (Å²) in [5.74, 6) is 0. The fraction of sp³-hybridized carbons (Fsp3) is 0.286. The second-order valence-electron chi connectivity index (χ2n) is 2.33. The number of hydrogen-bond donors (Lipinski definition) is 1. The molecule has 2 nitrogen and oxygen atoms in total. The zero-order valence-electron chi connectivity index (χ0n) is 6.22. The molecule has 1 atom stereocenters. The van der Waals surface area contributed by atoms with Crippen LogP contribution in [0.1, 0.15) is 11.7 Å². The molecule has 72 valence electrons. The van der Waals surface area contributed by atoms with Gasteiger partial charge in [-0.05, 0) is 22.0 Å². The van der Waals surface area contributed by atoms with E-state index < -0.39 is 12.3 Å². The van der Waals surface area contributed by atoms with E-state index in [2.05, 4.69) is 20.9 Å². The molecular formula is C7H5BrF3NO. The van der Waals surface area contributed by atoms with Gasteiger partial charge in [-0.25, -0.2) is 4.98 Å². The van der Waals surface area contributed by atoms with E-state index in [1.165, 1.54) is 12.3 Å². The predicted octanol–water partition coefficient (Wildman–Crippen LogP) is 2.44. The molecule has 0 aliphatic rings. The van der Waals surface area contributed by atoms with E-state index in [1.807, 2.05) is 0 Å². The van der Waals surface area contributed by atoms with E-state index in [9.17, 15) is 13.2 Å². The number of alkyl halides is 3. The minimum atomic E-state index is -4.66. The van der Waals surface area contributed by atoms with Crippen LogP contribution in [0.15, 0.2) is 22.9 Å². The van der Waals surface area contributed by atoms with Crippen LogP contribution in [0.25, 0.3) is 0 Å². The van der Waals surface area contributed by atoms with Gasteiger partial charge in [0.1, 0.15) is 4.60 Å². The van der Waals surface area contributed by atoms with Crippen molar-refractivity contribution < 1.29 is 18.3 Å². The molecule has 0 fully saturated rings. The average Bonchev–Trinajstić information content (AvgIpc) is 2.02. The number of aliphatic hydroxyl groups is 1. The van der Waals surface area contributed by atoms with Crippen molar-refractivity contribution in [3.05, 3.63) is 28.5 Å². The van der Waals surface area contributed by atoms with Gasteiger partial charge in [0.15, 0.2) is 6.10 Å². The number of pyridine rings is 1. The highest BCUT2D eigenvalue weighted by atomic mass is 79.9. The average molecular weight is 256 g/mol. The molecule has 6 heteroatoms. The second-order valence-corrected chi connectivity index (χ2v) is 3.08. The molecule has 13 heavy (non-hydrogen) atoms. The highest BCUT2D eigenvalue weighted by Gasteiger charge is 2.40. The molecule has 0 amide bonds. The first kappa shape index (κ1) is 10.5. The minimum Gasteiger partial charge on any atom is -0.379 e. The molecule has 0 bridgehead atoms. The van der Waals surface area contributed by atoms with Gasteiger partial charge < -0.3 is 5.11 Å². The van der Waals surface area contributed by atoms with Gasteiger partial charge in [-0.1, -0.05) is 6.07 Å². The lowest BCUT2D eigenvalue weighted by Gasteiger charge is -2.15. The van der Waals surface area contributed by atoms with Crippen LogP contribution in [-0.4, -0.2) is 16.3 Å². The molecule has 0 aromatic carbocycles. The maximum absolute atomic E-state index is 12.0. The Morgan fingerprint density at radius 1 is 1.46 bits per heavy atom. The summed E-state index contributed by atoms with van der Waals surface area (Å²) in [6, 6.07) is 2.49. The molecule has 1 rings (SSSR count). The first-order valence-electron chi connectivity index (χ1n) is 3.28. The normalized spacial score (nSPS) is 14.2. The van der Waals surface area contributed by atoms with E-state index in [1.54, 1.807) is 0 Å². The Hall–Kier alpha value is -0.620. The van der Waals surface area contributed by atoms with Gasteiger partial charge in [-0.15, -0.1) is 0 Å². The maximum Gasteiger partial charge on any atom is 0.418 e. The quantitative estimate of drug-likeness (QED) is 0.783. The topological polar surface area (TPSA) is 33.1 Å². The van der Waals surface area contributed by atoms with Crippen molar-refractivity contribution in [2.75, 3.05) is 0 Å². The van der Waals surface area contributed by atoms with Crippen LogP contribution in [-0.2, 0) is 0 Å². The second kappa shape index (κ2) is 3.63. The minimum absolute atomic E-state index is 0.000162. The largest absolute Gasteiger partial charge is 0.418 e. The molecule has 0 aliphatic heterocycles. The summed E-state index contributed by atoms with van der Waals surface area (Å²) in [4.78, 5) is 3.57. The van der Waals surface area contributed by atoms with Crippen LogP contribution in [0.2, 0.25) is 0 Å². The van der Waals surface area contributed by atoms with Crippen molar-refractivity contribution in [3.63, 3.8) is 0 Å². The van der Waals surface area contributed by atoms with Crippen molar-refractivity contribution in [2.24, 2.45) is 0 Å². The number of rotatable bonds is 1. The highest BCUT2D eigenvalue weighted by molar-refractivity contribution is 9.10. The molecule has 0 unspecified atom stereocenters. The van der Waals surface area contributed by atoms with Gasteiger partial charge in [0.2, 0.25) is 0 Å². The van der Waals surface area contributed by atoms with Crippen LogP contribution in [0, 0.1) is 0 Å². The van der Waals surface area contributed by atoms with Crippen LogP contribution in [0.3, 0.4) is 0 Å². The van der Waals surface area contributed by atoms with E-state index in [4.69, 9.17) is 5.11 Å². The molecule has 1 aromatic rings. The molecule has 1 aromatic heterocycles. The zero-order valence-corrected chi connectivity index (χ0v) is 7.80. The van der Waals surface area contributed by atoms with Crippen molar-refractivity contribution in [1.82, 2.24) is 4.98 Å². The van der Waals surface area contributed by atoms with Crippen molar-refractivity contribution in [1.29, 1.82) is 0 Å². The van der Waals surface area contributed by atoms with E-state index in [0.717, 1.165) is 6.07 Å². The monoisotopic (exact) mass is 255 g/mol. The maximum atomic E-state index is 12.0. The summed E-state index contributed by atoms with van der Waals surface area (Å²) < 4.78 is 36.0. The Kier molecular flexibility index (Phi) is 2.92. The molecule has 0 aliphatic carbocycles. The van der Waals surface area contributed by atoms with Gasteiger partial charge in [-0.2, -0.15) is 13.2 Å². The Morgan fingerprint density at radius 2 is 2.08 bits per heavy atom. The lowest BCUT2D eigenvalue weighted by molar-refractivity contribution is -0.207. The van der Waals surface area contributed by atoms with Gasteiger partial charge in [0.05, 0.1) is 0 Å². The Bertz CT molecular complexity index is 302. The Morgan fingerprint density at radius 3 is 2.54 bits per heavy atom. The highest BCUT2D eigenvalue weighted by Crippen LogP contribution is 2.34. The van der Waals surface area contributed by atoms with Gasteiger partial charge >= 0.3 is 6.18 Å². The third-order valence-electron chi connectivity index (χ3n) is 1.39. The summed E-state index contributed by atoms with van der Waals surface area (Å²) in [7, 11) is 0. The van der Waals surface area contributed by atoms with Crippen LogP contribution in [0.5, 0.6) is 0 Å². The molecule has 0 saturated heterocycles. The van der Waals surface area contributed by atoms with E-state index >= 15 is 0 Å². The van der Waals surface area contributed by atoms with Gasteiger partial charge in [0.25, 0.3) is 0 Å². The van der Waals surface area contributed by atoms with Crippen molar-refractivity contribution in [3.8, 4) is 0 Å². The Balaban J connectivity index is 3.02. The van der Waals surface area contributed by atoms with E-state index in [0.29, 0.717) is 0 Å². The first-order valence-corrected chi connectivity index (χ1v) is 4.07. The zero-order chi connectivity index (χ0) is 10.1. The van der Waals surface area contributed by atoms with Crippen molar-refractivity contribution >= 4 is 15.9 Å². The fourth-order valence-corrected chi connectivity index (χ4v) is 1.25. The Labute approximate surface area is 80.5 Å². The lowest BCUT2D eigenvalue weighted by atomic mass is 10.1. The van der Waals surface area contributed by atoms with Crippen LogP contribution in [0.4, 0.5) is 13.2 Å². The number of halogens is 4. The number of aliphatic hydroxyl groups excluding tert-OH is 1. The third-order valence-corrected chi connectivity index (χ3v) is 2.06. The van der Waals surface area contributed by atoms with E-state index in [-0.39, 0.29) is 10.2 Å². The first-order chi connectivity index (χ1) is 5.93. The third kappa shape index (κ3) is 2.41. The van der Waals surface area contributed by atoms with Gasteiger partial charge in [0, 0.05) is 11.8 Å². The predicted molar refractivity (Wildman–Crippen MR) is 43.0 cm³/mol. The summed E-state index contributed by atoms with van der Waals surface area (Å²) in [6.45, 7) is 0.